The largest absolute Gasteiger partial charge is 0.481 e. The van der Waals surface area contributed by atoms with Crippen molar-refractivity contribution in [3.63, 3.8) is 0 Å². The number of fused-ring (bicyclic) bond motifs is 2. The second-order valence-electron chi connectivity index (χ2n) is 9.32. The van der Waals surface area contributed by atoms with E-state index in [1.807, 2.05) is 26.8 Å². The fourth-order valence-corrected chi connectivity index (χ4v) is 4.48. The maximum Gasteiger partial charge on any atom is 0.339 e. The number of hydrogen-bond acceptors (Lipinski definition) is 6. The molecule has 0 fully saturated rings. The number of amides is 2. The number of carbonyl (C=O) groups is 3. The molecule has 2 aromatic heterocycles. The summed E-state index contributed by atoms with van der Waals surface area (Å²) in [4.78, 5) is 49.3. The predicted octanol–water partition coefficient (Wildman–Crippen LogP) is 4.24. The molecule has 0 saturated heterocycles. The molecule has 38 heavy (non-hydrogen) atoms. The van der Waals surface area contributed by atoms with E-state index < -0.39 is 29.5 Å². The third-order valence-electron chi connectivity index (χ3n) is 6.75. The number of rotatable bonds is 10. The number of aliphatic carboxylic acids is 1. The van der Waals surface area contributed by atoms with Crippen molar-refractivity contribution < 1.29 is 28.3 Å². The predicted molar refractivity (Wildman–Crippen MR) is 142 cm³/mol. The summed E-state index contributed by atoms with van der Waals surface area (Å²) in [5.74, 6) is -0.993. The van der Waals surface area contributed by atoms with Gasteiger partial charge in [-0.25, -0.2) is 4.79 Å². The van der Waals surface area contributed by atoms with Crippen molar-refractivity contribution in [2.75, 3.05) is 6.54 Å². The Morgan fingerprint density at radius 3 is 2.32 bits per heavy atom. The highest BCUT2D eigenvalue weighted by Crippen LogP contribution is 2.31. The summed E-state index contributed by atoms with van der Waals surface area (Å²) in [7, 11) is 0. The van der Waals surface area contributed by atoms with Crippen LogP contribution in [0.1, 0.15) is 53.3 Å². The molecule has 0 spiro atoms. The second kappa shape index (κ2) is 11.3. The Morgan fingerprint density at radius 1 is 0.921 bits per heavy atom. The molecule has 9 nitrogen and oxygen atoms in total. The van der Waals surface area contributed by atoms with Crippen molar-refractivity contribution in [3.8, 4) is 0 Å². The lowest BCUT2D eigenvalue weighted by Crippen LogP contribution is -2.41. The highest BCUT2D eigenvalue weighted by atomic mass is 16.4. The molecule has 198 valence electrons. The van der Waals surface area contributed by atoms with Crippen LogP contribution in [0.4, 0.5) is 0 Å². The smallest absolute Gasteiger partial charge is 0.339 e. The lowest BCUT2D eigenvalue weighted by Gasteiger charge is -2.19. The third kappa shape index (κ3) is 5.77. The van der Waals surface area contributed by atoms with Gasteiger partial charge in [0.05, 0.1) is 0 Å². The van der Waals surface area contributed by atoms with Crippen LogP contribution >= 0.6 is 0 Å². The highest BCUT2D eigenvalue weighted by molar-refractivity contribution is 5.97. The molecule has 2 amide bonds. The second-order valence-corrected chi connectivity index (χ2v) is 9.32. The average molecular weight is 519 g/mol. The van der Waals surface area contributed by atoms with Crippen LogP contribution in [-0.4, -0.2) is 29.4 Å². The molecule has 0 saturated carbocycles. The molecule has 4 aromatic rings. The van der Waals surface area contributed by atoms with Crippen molar-refractivity contribution >= 4 is 39.7 Å². The summed E-state index contributed by atoms with van der Waals surface area (Å²) in [5, 5.41) is 15.9. The zero-order valence-corrected chi connectivity index (χ0v) is 21.6. The van der Waals surface area contributed by atoms with Crippen molar-refractivity contribution in [1.29, 1.82) is 0 Å². The van der Waals surface area contributed by atoms with Crippen LogP contribution in [0.5, 0.6) is 0 Å². The van der Waals surface area contributed by atoms with Gasteiger partial charge in [-0.2, -0.15) is 0 Å². The standard InChI is InChI=1S/C29H30N2O7/c1-16-18(3)37-23-15-24-22(14-21(16)23)17(2)20(29(36)38-24)11-12-25(32)31-27(19-8-5-4-6-9-19)28(35)30-13-7-10-26(33)34/h4-6,8-9,14-15,27H,7,10-13H2,1-3H3,(H,30,35)(H,31,32)(H,33,34). The fraction of sp³-hybridized carbons (Fsp3) is 0.310. The number of benzene rings is 2. The van der Waals surface area contributed by atoms with E-state index in [9.17, 15) is 19.2 Å². The summed E-state index contributed by atoms with van der Waals surface area (Å²) < 4.78 is 11.3. The zero-order valence-electron chi connectivity index (χ0n) is 21.6. The van der Waals surface area contributed by atoms with Gasteiger partial charge in [0.25, 0.3) is 0 Å². The molecule has 0 aliphatic heterocycles. The topological polar surface area (TPSA) is 139 Å². The first-order chi connectivity index (χ1) is 18.2. The maximum absolute atomic E-state index is 12.9. The van der Waals surface area contributed by atoms with Gasteiger partial charge in [0.2, 0.25) is 11.8 Å². The highest BCUT2D eigenvalue weighted by Gasteiger charge is 2.23. The van der Waals surface area contributed by atoms with Gasteiger partial charge < -0.3 is 24.6 Å². The summed E-state index contributed by atoms with van der Waals surface area (Å²) >= 11 is 0. The molecule has 0 aliphatic rings. The van der Waals surface area contributed by atoms with E-state index in [1.54, 1.807) is 36.4 Å². The first kappa shape index (κ1) is 26.7. The van der Waals surface area contributed by atoms with Gasteiger partial charge in [-0.15, -0.1) is 0 Å². The quantitative estimate of drug-likeness (QED) is 0.211. The lowest BCUT2D eigenvalue weighted by molar-refractivity contribution is -0.137. The summed E-state index contributed by atoms with van der Waals surface area (Å²) in [6.45, 7) is 5.85. The first-order valence-electron chi connectivity index (χ1n) is 12.5. The van der Waals surface area contributed by atoms with Crippen molar-refractivity contribution in [3.05, 3.63) is 80.9 Å². The van der Waals surface area contributed by atoms with Crippen LogP contribution < -0.4 is 16.3 Å². The normalized spacial score (nSPS) is 12.0. The Balaban J connectivity index is 1.50. The van der Waals surface area contributed by atoms with Gasteiger partial charge in [0.15, 0.2) is 0 Å². The first-order valence-corrected chi connectivity index (χ1v) is 12.5. The van der Waals surface area contributed by atoms with Gasteiger partial charge >= 0.3 is 11.6 Å². The number of furan rings is 1. The van der Waals surface area contributed by atoms with Gasteiger partial charge in [-0.1, -0.05) is 30.3 Å². The van der Waals surface area contributed by atoms with E-state index in [4.69, 9.17) is 13.9 Å². The monoisotopic (exact) mass is 518 g/mol. The Morgan fingerprint density at radius 2 is 1.61 bits per heavy atom. The minimum atomic E-state index is -0.955. The average Bonchev–Trinajstić information content (AvgIpc) is 3.16. The van der Waals surface area contributed by atoms with Gasteiger partial charge in [0, 0.05) is 41.8 Å². The number of nitrogens with one attached hydrogen (secondary N) is 2. The molecule has 1 unspecified atom stereocenters. The Kier molecular flexibility index (Phi) is 7.95. The molecule has 2 heterocycles. The van der Waals surface area contributed by atoms with E-state index in [2.05, 4.69) is 10.6 Å². The molecule has 0 radical (unpaired) electrons. The SMILES string of the molecule is Cc1oc2cc3oc(=O)c(CCC(=O)NC(C(=O)NCCCC(=O)O)c4ccccc4)c(C)c3cc2c1C. The van der Waals surface area contributed by atoms with E-state index in [0.717, 1.165) is 27.7 Å². The number of carboxylic acid groups (broad SMARTS) is 1. The molecular weight excluding hydrogens is 488 g/mol. The van der Waals surface area contributed by atoms with Crippen molar-refractivity contribution in [2.45, 2.75) is 52.5 Å². The molecule has 0 aliphatic carbocycles. The van der Waals surface area contributed by atoms with Crippen LogP contribution in [0.15, 0.2) is 56.1 Å². The van der Waals surface area contributed by atoms with Crippen LogP contribution in [0.25, 0.3) is 21.9 Å². The van der Waals surface area contributed by atoms with E-state index >= 15 is 0 Å². The van der Waals surface area contributed by atoms with Crippen LogP contribution in [0.3, 0.4) is 0 Å². The molecule has 3 N–H and O–H groups in total. The number of hydrogen-bond donors (Lipinski definition) is 3. The van der Waals surface area contributed by atoms with Crippen LogP contribution in [-0.2, 0) is 20.8 Å². The molecule has 2 aromatic carbocycles. The summed E-state index contributed by atoms with van der Waals surface area (Å²) in [6.07, 6.45) is 0.317. The Hall–Kier alpha value is -4.40. The molecule has 9 heteroatoms. The van der Waals surface area contributed by atoms with Gasteiger partial charge in [-0.3, -0.25) is 14.4 Å². The van der Waals surface area contributed by atoms with Crippen molar-refractivity contribution in [2.24, 2.45) is 0 Å². The molecule has 1 atom stereocenters. The van der Waals surface area contributed by atoms with Crippen LogP contribution in [0.2, 0.25) is 0 Å². The third-order valence-corrected chi connectivity index (χ3v) is 6.75. The fourth-order valence-electron chi connectivity index (χ4n) is 4.48. The molecule has 4 rings (SSSR count). The minimum absolute atomic E-state index is 0.0289. The molecular formula is C29H30N2O7. The van der Waals surface area contributed by atoms with E-state index in [1.165, 1.54) is 0 Å². The van der Waals surface area contributed by atoms with E-state index in [-0.39, 0.29) is 32.2 Å². The molecule has 0 bridgehead atoms. The Labute approximate surface area is 218 Å². The maximum atomic E-state index is 12.9. The van der Waals surface area contributed by atoms with Gasteiger partial charge in [-0.05, 0) is 56.4 Å². The van der Waals surface area contributed by atoms with E-state index in [0.29, 0.717) is 22.3 Å². The van der Waals surface area contributed by atoms with Crippen molar-refractivity contribution in [1.82, 2.24) is 10.6 Å². The summed E-state index contributed by atoms with van der Waals surface area (Å²) in [5.41, 5.74) is 3.30. The summed E-state index contributed by atoms with van der Waals surface area (Å²) in [6, 6.07) is 11.5. The minimum Gasteiger partial charge on any atom is -0.481 e. The van der Waals surface area contributed by atoms with Crippen LogP contribution in [0, 0.1) is 20.8 Å². The number of carboxylic acids is 1. The number of aryl methyl sites for hydroxylation is 3. The lowest BCUT2D eigenvalue weighted by atomic mass is 10.00. The Bertz CT molecular complexity index is 1570. The van der Waals surface area contributed by atoms with Gasteiger partial charge in [0.1, 0.15) is 23.0 Å². The number of carbonyl (C=O) groups excluding carboxylic acids is 2. The zero-order chi connectivity index (χ0) is 27.4.